The summed E-state index contributed by atoms with van der Waals surface area (Å²) in [5.41, 5.74) is 1.08. The third kappa shape index (κ3) is 5.95. The van der Waals surface area contributed by atoms with Gasteiger partial charge in [-0.3, -0.25) is 9.59 Å². The predicted molar refractivity (Wildman–Crippen MR) is 96.2 cm³/mol. The number of halogens is 1. The van der Waals surface area contributed by atoms with E-state index >= 15 is 0 Å². The van der Waals surface area contributed by atoms with Gasteiger partial charge in [0.25, 0.3) is 5.91 Å². The van der Waals surface area contributed by atoms with Crippen LogP contribution in [0.4, 0.5) is 4.39 Å². The second-order valence-electron chi connectivity index (χ2n) is 5.89. The monoisotopic (exact) mass is 375 g/mol. The van der Waals surface area contributed by atoms with Crippen LogP contribution < -0.4 is 5.32 Å². The van der Waals surface area contributed by atoms with E-state index in [2.05, 4.69) is 5.32 Å². The smallest absolute Gasteiger partial charge is 0.355 e. The molecule has 1 aromatic heterocycles. The third-order valence-corrected chi connectivity index (χ3v) is 3.95. The summed E-state index contributed by atoms with van der Waals surface area (Å²) in [5, 5.41) is 2.67. The fourth-order valence-electron chi connectivity index (χ4n) is 2.37. The molecule has 144 valence electrons. The van der Waals surface area contributed by atoms with Gasteiger partial charge in [-0.25, -0.2) is 9.18 Å². The number of hydrogen-bond acceptors (Lipinski definition) is 4. The topological polar surface area (TPSA) is 80.6 Å². The van der Waals surface area contributed by atoms with Crippen molar-refractivity contribution < 1.29 is 23.5 Å². The third-order valence-electron chi connectivity index (χ3n) is 3.95. The Labute approximate surface area is 156 Å². The number of amides is 2. The van der Waals surface area contributed by atoms with Crippen LogP contribution in [-0.4, -0.2) is 46.9 Å². The van der Waals surface area contributed by atoms with Gasteiger partial charge in [-0.15, -0.1) is 0 Å². The lowest BCUT2D eigenvalue weighted by atomic mass is 10.2. The molecule has 7 nitrogen and oxygen atoms in total. The van der Waals surface area contributed by atoms with Crippen LogP contribution in [0.25, 0.3) is 0 Å². The van der Waals surface area contributed by atoms with Crippen LogP contribution in [0.5, 0.6) is 0 Å². The molecule has 0 bridgehead atoms. The molecule has 1 heterocycles. The molecule has 0 atom stereocenters. The molecule has 0 aliphatic heterocycles. The zero-order chi connectivity index (χ0) is 19.8. The van der Waals surface area contributed by atoms with Crippen molar-refractivity contribution >= 4 is 17.8 Å². The molecule has 0 saturated heterocycles. The van der Waals surface area contributed by atoms with Crippen LogP contribution in [0, 0.1) is 5.82 Å². The van der Waals surface area contributed by atoms with Crippen LogP contribution >= 0.6 is 0 Å². The normalized spacial score (nSPS) is 10.3. The Morgan fingerprint density at radius 3 is 2.48 bits per heavy atom. The van der Waals surface area contributed by atoms with Gasteiger partial charge in [-0.1, -0.05) is 12.1 Å². The molecular weight excluding hydrogens is 353 g/mol. The van der Waals surface area contributed by atoms with Crippen molar-refractivity contribution in [2.24, 2.45) is 7.05 Å². The van der Waals surface area contributed by atoms with Gasteiger partial charge in [0.05, 0.1) is 6.54 Å². The molecule has 0 saturated carbocycles. The standard InChI is InChI=1S/C19H22FN3O4/c1-3-23(12-17(24)21-11-14-6-8-15(20)9-7-14)18(25)13-27-19(26)16-5-4-10-22(16)2/h4-10H,3,11-13H2,1-2H3,(H,21,24). The summed E-state index contributed by atoms with van der Waals surface area (Å²) in [5.74, 6) is -1.77. The van der Waals surface area contributed by atoms with Crippen molar-refractivity contribution in [3.8, 4) is 0 Å². The van der Waals surface area contributed by atoms with Gasteiger partial charge in [0.2, 0.25) is 5.91 Å². The number of rotatable bonds is 8. The summed E-state index contributed by atoms with van der Waals surface area (Å²) in [6.45, 7) is 1.66. The first kappa shape index (κ1) is 20.2. The number of likely N-dealkylation sites (N-methyl/N-ethyl adjacent to an activating group) is 1. The number of carbonyl (C=O) groups is 3. The number of nitrogens with one attached hydrogen (secondary N) is 1. The van der Waals surface area contributed by atoms with E-state index in [-0.39, 0.29) is 24.8 Å². The van der Waals surface area contributed by atoms with Crippen molar-refractivity contribution in [1.29, 1.82) is 0 Å². The second-order valence-corrected chi connectivity index (χ2v) is 5.89. The SMILES string of the molecule is CCN(CC(=O)NCc1ccc(F)cc1)C(=O)COC(=O)c1cccn1C. The Hall–Kier alpha value is -3.16. The van der Waals surface area contributed by atoms with Crippen LogP contribution in [0.15, 0.2) is 42.6 Å². The first-order chi connectivity index (χ1) is 12.9. The number of carbonyl (C=O) groups excluding carboxylic acids is 3. The zero-order valence-corrected chi connectivity index (χ0v) is 15.3. The molecular formula is C19H22FN3O4. The minimum atomic E-state index is -0.604. The number of ether oxygens (including phenoxy) is 1. The van der Waals surface area contributed by atoms with Gasteiger partial charge in [0.15, 0.2) is 6.61 Å². The largest absolute Gasteiger partial charge is 0.451 e. The van der Waals surface area contributed by atoms with E-state index in [4.69, 9.17) is 4.74 Å². The minimum Gasteiger partial charge on any atom is -0.451 e. The predicted octanol–water partition coefficient (Wildman–Crippen LogP) is 1.49. The van der Waals surface area contributed by atoms with Crippen molar-refractivity contribution in [3.63, 3.8) is 0 Å². The zero-order valence-electron chi connectivity index (χ0n) is 15.3. The van der Waals surface area contributed by atoms with Crippen molar-refractivity contribution in [1.82, 2.24) is 14.8 Å². The summed E-state index contributed by atoms with van der Waals surface area (Å²) in [6, 6.07) is 9.05. The van der Waals surface area contributed by atoms with Crippen LogP contribution in [0.1, 0.15) is 23.0 Å². The summed E-state index contributed by atoms with van der Waals surface area (Å²) in [4.78, 5) is 37.5. The Kier molecular flexibility index (Phi) is 7.10. The molecule has 2 amide bonds. The van der Waals surface area contributed by atoms with Crippen LogP contribution in [0.2, 0.25) is 0 Å². The van der Waals surface area contributed by atoms with Gasteiger partial charge >= 0.3 is 5.97 Å². The van der Waals surface area contributed by atoms with E-state index < -0.39 is 18.5 Å². The molecule has 8 heteroatoms. The number of esters is 1. The highest BCUT2D eigenvalue weighted by Crippen LogP contribution is 2.04. The fraction of sp³-hybridized carbons (Fsp3) is 0.316. The molecule has 1 aromatic carbocycles. The summed E-state index contributed by atoms with van der Waals surface area (Å²) in [6.07, 6.45) is 1.70. The first-order valence-electron chi connectivity index (χ1n) is 8.48. The molecule has 0 radical (unpaired) electrons. The Morgan fingerprint density at radius 1 is 1.19 bits per heavy atom. The molecule has 27 heavy (non-hydrogen) atoms. The number of aromatic nitrogens is 1. The van der Waals surface area contributed by atoms with E-state index in [0.717, 1.165) is 5.56 Å². The minimum absolute atomic E-state index is 0.155. The van der Waals surface area contributed by atoms with Crippen molar-refractivity contribution in [2.45, 2.75) is 13.5 Å². The molecule has 0 aliphatic carbocycles. The van der Waals surface area contributed by atoms with Gasteiger partial charge in [-0.05, 0) is 36.8 Å². The van der Waals surface area contributed by atoms with E-state index in [1.54, 1.807) is 49.0 Å². The summed E-state index contributed by atoms with van der Waals surface area (Å²) in [7, 11) is 1.70. The van der Waals surface area contributed by atoms with Crippen LogP contribution in [-0.2, 0) is 27.9 Å². The van der Waals surface area contributed by atoms with Crippen molar-refractivity contribution in [3.05, 3.63) is 59.7 Å². The van der Waals surface area contributed by atoms with Crippen LogP contribution in [0.3, 0.4) is 0 Å². The number of benzene rings is 1. The van der Waals surface area contributed by atoms with E-state index in [1.165, 1.54) is 17.0 Å². The van der Waals surface area contributed by atoms with Gasteiger partial charge < -0.3 is 19.5 Å². The van der Waals surface area contributed by atoms with E-state index in [1.807, 2.05) is 0 Å². The highest BCUT2D eigenvalue weighted by Gasteiger charge is 2.18. The lowest BCUT2D eigenvalue weighted by Gasteiger charge is -2.20. The van der Waals surface area contributed by atoms with Crippen molar-refractivity contribution in [2.75, 3.05) is 19.7 Å². The highest BCUT2D eigenvalue weighted by atomic mass is 19.1. The average molecular weight is 375 g/mol. The molecule has 2 rings (SSSR count). The lowest BCUT2D eigenvalue weighted by molar-refractivity contribution is -0.138. The number of nitrogens with zero attached hydrogens (tertiary/aromatic N) is 2. The number of aryl methyl sites for hydroxylation is 1. The summed E-state index contributed by atoms with van der Waals surface area (Å²) < 4.78 is 19.5. The second kappa shape index (κ2) is 9.51. The van der Waals surface area contributed by atoms with Gasteiger partial charge in [0.1, 0.15) is 11.5 Å². The maximum Gasteiger partial charge on any atom is 0.355 e. The maximum atomic E-state index is 12.9. The lowest BCUT2D eigenvalue weighted by Crippen LogP contribution is -2.42. The Morgan fingerprint density at radius 2 is 1.89 bits per heavy atom. The fourth-order valence-corrected chi connectivity index (χ4v) is 2.37. The average Bonchev–Trinajstić information content (AvgIpc) is 3.09. The molecule has 1 N–H and O–H groups in total. The van der Waals surface area contributed by atoms with Gasteiger partial charge in [-0.2, -0.15) is 0 Å². The van der Waals surface area contributed by atoms with E-state index in [9.17, 15) is 18.8 Å². The quantitative estimate of drug-likeness (QED) is 0.709. The number of hydrogen-bond donors (Lipinski definition) is 1. The molecule has 0 fully saturated rings. The Bertz CT molecular complexity index is 802. The maximum absolute atomic E-state index is 12.9. The van der Waals surface area contributed by atoms with Gasteiger partial charge in [0, 0.05) is 26.3 Å². The highest BCUT2D eigenvalue weighted by molar-refractivity contribution is 5.91. The molecule has 0 unspecified atom stereocenters. The Balaban J connectivity index is 1.79. The van der Waals surface area contributed by atoms with E-state index in [0.29, 0.717) is 12.2 Å². The first-order valence-corrected chi connectivity index (χ1v) is 8.48. The summed E-state index contributed by atoms with van der Waals surface area (Å²) >= 11 is 0. The molecule has 0 aliphatic rings. The molecule has 2 aromatic rings. The molecule has 0 spiro atoms.